The molecule has 4 saturated heterocycles. The zero-order valence-corrected chi connectivity index (χ0v) is 43.3. The first-order valence-corrected chi connectivity index (χ1v) is 26.5. The molecule has 8 unspecified atom stereocenters. The molecule has 0 amide bonds. The third-order valence-corrected chi connectivity index (χ3v) is 15.7. The number of imidazole rings is 2. The van der Waals surface area contributed by atoms with Crippen LogP contribution in [-0.4, -0.2) is 233 Å². The number of H-pyrrole nitrogens is 2. The Bertz CT molecular complexity index is 3000. The summed E-state index contributed by atoms with van der Waals surface area (Å²) >= 11 is 0. The van der Waals surface area contributed by atoms with Crippen LogP contribution in [0.15, 0.2) is 66.9 Å². The summed E-state index contributed by atoms with van der Waals surface area (Å²) in [5, 5.41) is 74.5. The summed E-state index contributed by atoms with van der Waals surface area (Å²) in [6, 6.07) is 15.5. The van der Waals surface area contributed by atoms with Crippen LogP contribution < -0.4 is 44.0 Å². The Hall–Kier alpha value is -5.42. The number of benzene rings is 3. The van der Waals surface area contributed by atoms with Gasteiger partial charge in [0.1, 0.15) is 96.8 Å². The Balaban J connectivity index is 0.754. The summed E-state index contributed by atoms with van der Waals surface area (Å²) in [5.74, 6) is 2.00. The number of hydrogen-bond donors (Lipinski definition) is 14. The average Bonchev–Trinajstić information content (AvgIpc) is 4.39. The van der Waals surface area contributed by atoms with Gasteiger partial charge in [0.2, 0.25) is 0 Å². The number of piperazine rings is 1. The van der Waals surface area contributed by atoms with Crippen molar-refractivity contribution in [3.05, 3.63) is 72.6 Å². The highest BCUT2D eigenvalue weighted by atomic mass is 16.8. The van der Waals surface area contributed by atoms with Gasteiger partial charge in [-0.15, -0.1) is 5.10 Å². The van der Waals surface area contributed by atoms with Crippen LogP contribution in [0.1, 0.15) is 12.1 Å². The first-order valence-electron chi connectivity index (χ1n) is 26.5. The van der Waals surface area contributed by atoms with Crippen LogP contribution in [0, 0.1) is 0 Å². The molecule has 3 aromatic carbocycles. The number of aliphatic hydroxyl groups excluding tert-OH is 6. The number of ether oxygens (including phenoxy) is 7. The van der Waals surface area contributed by atoms with E-state index in [9.17, 15) is 30.6 Å². The SMILES string of the molecule is CN1CCN(c2ccc3nc(-c4ccc5nc(-c6ccc(OCc7cn(C[C@H]8O[C@@H](OC9[C@H](O[C@@H]%10OC(CN)[C@@H](O)[C@H](O)C%10N)C(N)C[C@@H](N)[C@H]9O)[C@@H](O)C8O[C@H]8OC(CN)[C@@H](O)C(O)C8N)nn7)cc6)[nH]c5c4)[nH]c3c2)CC1. The van der Waals surface area contributed by atoms with Gasteiger partial charge in [-0.2, -0.15) is 0 Å². The fourth-order valence-corrected chi connectivity index (χ4v) is 11.0. The molecular formula is C51H71N15O13. The average molecular weight is 1100 g/mol. The number of aromatic nitrogens is 7. The summed E-state index contributed by atoms with van der Waals surface area (Å²) in [7, 11) is 2.15. The standard InChI is InChI=1S/C51H71N15O13/c1-64-10-12-65(13-11-64)25-5-9-30-32(15-25)61-48(59-30)23-4-8-29-31(14-23)60-47(58-29)22-2-6-26(7-3-22)73-21-24-19-66(63-62-24)20-35-45(78-50-37(57)42(71)40(69)34(18-53)75-50)43(72)51(76-35)79-46-38(67)27(54)16-28(55)44(46)77-49-36(56)41(70)39(68)33(17-52)74-49/h2-9,14-15,19,27-28,33-46,49-51,67-72H,10-13,16-18,20-21,52-57H2,1H3,(H,58,60)(H,59,61)/t27-,28?,33?,34?,35-,36?,37?,38-,39-,40-,41-,42?,43+,44-,45?,46?,49+,50-,51+/m1/s1. The van der Waals surface area contributed by atoms with E-state index in [1.54, 1.807) is 6.20 Å². The van der Waals surface area contributed by atoms with Gasteiger partial charge >= 0.3 is 0 Å². The predicted octanol–water partition coefficient (Wildman–Crippen LogP) is -4.18. The van der Waals surface area contributed by atoms with Gasteiger partial charge in [0.25, 0.3) is 0 Å². The van der Waals surface area contributed by atoms with Gasteiger partial charge in [-0.25, -0.2) is 14.6 Å². The number of likely N-dealkylation sites (N-methyl/N-ethyl adjacent to an activating group) is 1. The summed E-state index contributed by atoms with van der Waals surface area (Å²) in [6.07, 6.45) is -18.7. The number of rotatable bonds is 16. The molecule has 28 heteroatoms. The molecule has 6 aromatic rings. The van der Waals surface area contributed by atoms with Crippen molar-refractivity contribution in [1.82, 2.24) is 39.8 Å². The lowest BCUT2D eigenvalue weighted by molar-refractivity contribution is -0.306. The Labute approximate surface area is 452 Å². The van der Waals surface area contributed by atoms with Crippen LogP contribution in [0.3, 0.4) is 0 Å². The molecule has 0 bridgehead atoms. The highest BCUT2D eigenvalue weighted by Gasteiger charge is 2.54. The number of aromatic amines is 2. The van der Waals surface area contributed by atoms with E-state index in [1.807, 2.05) is 42.5 Å². The molecule has 0 spiro atoms. The van der Waals surface area contributed by atoms with Gasteiger partial charge < -0.3 is 118 Å². The minimum Gasteiger partial charge on any atom is -0.487 e. The number of hydrogen-bond acceptors (Lipinski definition) is 25. The summed E-state index contributed by atoms with van der Waals surface area (Å²) in [4.78, 5) is 21.4. The van der Waals surface area contributed by atoms with Crippen molar-refractivity contribution in [2.45, 2.75) is 136 Å². The van der Waals surface area contributed by atoms with Crippen molar-refractivity contribution in [1.29, 1.82) is 0 Å². The van der Waals surface area contributed by atoms with Crippen molar-refractivity contribution < 1.29 is 63.8 Å². The van der Waals surface area contributed by atoms with Gasteiger partial charge in [0.15, 0.2) is 18.9 Å². The highest BCUT2D eigenvalue weighted by Crippen LogP contribution is 2.36. The Kier molecular flexibility index (Phi) is 16.3. The second-order valence-electron chi connectivity index (χ2n) is 21.2. The van der Waals surface area contributed by atoms with E-state index in [1.165, 1.54) is 10.4 Å². The second kappa shape index (κ2) is 23.2. The Morgan fingerprint density at radius 1 is 0.608 bits per heavy atom. The fourth-order valence-electron chi connectivity index (χ4n) is 11.0. The monoisotopic (exact) mass is 1100 g/mol. The zero-order chi connectivity index (χ0) is 55.4. The molecule has 3 aromatic heterocycles. The number of nitrogens with two attached hydrogens (primary N) is 6. The van der Waals surface area contributed by atoms with E-state index in [4.69, 9.17) is 77.5 Å². The minimum atomic E-state index is -1.65. The van der Waals surface area contributed by atoms with Gasteiger partial charge in [0, 0.05) is 68.2 Å². The molecule has 4 aliphatic heterocycles. The molecule has 11 rings (SSSR count). The van der Waals surface area contributed by atoms with E-state index in [2.05, 4.69) is 55.3 Å². The Morgan fingerprint density at radius 3 is 1.82 bits per heavy atom. The fraction of sp³-hybridized carbons (Fsp3) is 0.569. The molecule has 0 radical (unpaired) electrons. The third-order valence-electron chi connectivity index (χ3n) is 15.7. The Morgan fingerprint density at radius 2 is 1.18 bits per heavy atom. The van der Waals surface area contributed by atoms with Crippen molar-refractivity contribution in [3.8, 4) is 28.5 Å². The van der Waals surface area contributed by atoms with Crippen molar-refractivity contribution in [2.24, 2.45) is 34.4 Å². The molecule has 5 fully saturated rings. The maximum atomic E-state index is 12.0. The van der Waals surface area contributed by atoms with Gasteiger partial charge in [-0.3, -0.25) is 0 Å². The number of aliphatic hydroxyl groups is 6. The number of nitrogens with zero attached hydrogens (tertiary/aromatic N) is 7. The summed E-state index contributed by atoms with van der Waals surface area (Å²) in [5.41, 5.74) is 43.9. The predicted molar refractivity (Wildman–Crippen MR) is 282 cm³/mol. The normalized spacial score (nSPS) is 35.7. The van der Waals surface area contributed by atoms with Gasteiger partial charge in [-0.1, -0.05) is 5.21 Å². The molecular weight excluding hydrogens is 1030 g/mol. The number of anilines is 1. The van der Waals surface area contributed by atoms with Crippen molar-refractivity contribution >= 4 is 27.8 Å². The van der Waals surface area contributed by atoms with Crippen LogP contribution in [0.2, 0.25) is 0 Å². The molecule has 20 N–H and O–H groups in total. The molecule has 79 heavy (non-hydrogen) atoms. The lowest BCUT2D eigenvalue weighted by atomic mass is 9.84. The van der Waals surface area contributed by atoms with Gasteiger partial charge in [-0.05, 0) is 74.1 Å². The lowest BCUT2D eigenvalue weighted by Gasteiger charge is -2.47. The smallest absolute Gasteiger partial charge is 0.187 e. The molecule has 428 valence electrons. The van der Waals surface area contributed by atoms with E-state index < -0.39 is 116 Å². The highest BCUT2D eigenvalue weighted by molar-refractivity contribution is 5.87. The largest absolute Gasteiger partial charge is 0.487 e. The van der Waals surface area contributed by atoms with E-state index >= 15 is 0 Å². The van der Waals surface area contributed by atoms with Crippen LogP contribution in [0.5, 0.6) is 5.75 Å². The van der Waals surface area contributed by atoms with Crippen molar-refractivity contribution in [3.63, 3.8) is 0 Å². The first kappa shape index (κ1) is 55.5. The lowest BCUT2D eigenvalue weighted by Crippen LogP contribution is -2.68. The van der Waals surface area contributed by atoms with Crippen molar-refractivity contribution in [2.75, 3.05) is 51.2 Å². The topological polar surface area (TPSA) is 437 Å². The molecule has 28 nitrogen and oxygen atoms in total. The second-order valence-corrected chi connectivity index (χ2v) is 21.2. The minimum absolute atomic E-state index is 0.0227. The van der Waals surface area contributed by atoms with Crippen LogP contribution in [-0.2, 0) is 41.6 Å². The maximum absolute atomic E-state index is 12.0. The van der Waals surface area contributed by atoms with E-state index in [0.717, 1.165) is 65.2 Å². The van der Waals surface area contributed by atoms with E-state index in [0.29, 0.717) is 17.3 Å². The van der Waals surface area contributed by atoms with Crippen LogP contribution in [0.4, 0.5) is 5.69 Å². The molecule has 19 atom stereocenters. The molecule has 5 aliphatic rings. The van der Waals surface area contributed by atoms with Crippen LogP contribution >= 0.6 is 0 Å². The zero-order valence-electron chi connectivity index (χ0n) is 43.3. The van der Waals surface area contributed by atoms with Gasteiger partial charge in [0.05, 0.1) is 53.0 Å². The third kappa shape index (κ3) is 11.3. The van der Waals surface area contributed by atoms with Crippen LogP contribution in [0.25, 0.3) is 44.8 Å². The quantitative estimate of drug-likeness (QED) is 0.0437. The first-order chi connectivity index (χ1) is 38.0. The molecule has 7 heterocycles. The number of nitrogens with one attached hydrogen (secondary N) is 2. The molecule has 1 aliphatic carbocycles. The number of fused-ring (bicyclic) bond motifs is 2. The summed E-state index contributed by atoms with van der Waals surface area (Å²) < 4.78 is 44.3. The van der Waals surface area contributed by atoms with E-state index in [-0.39, 0.29) is 32.7 Å². The maximum Gasteiger partial charge on any atom is 0.187 e. The summed E-state index contributed by atoms with van der Waals surface area (Å²) in [6.45, 7) is 3.57. The molecule has 1 saturated carbocycles.